The minimum Gasteiger partial charge on any atom is -0.351 e. The van der Waals surface area contributed by atoms with Gasteiger partial charge in [0.05, 0.1) is 0 Å². The van der Waals surface area contributed by atoms with Gasteiger partial charge in [0.25, 0.3) is 5.91 Å². The molecule has 1 aliphatic rings. The van der Waals surface area contributed by atoms with Gasteiger partial charge in [-0.25, -0.2) is 0 Å². The highest BCUT2D eigenvalue weighted by Gasteiger charge is 2.23. The summed E-state index contributed by atoms with van der Waals surface area (Å²) in [6.45, 7) is 0.211. The van der Waals surface area contributed by atoms with Gasteiger partial charge in [0.15, 0.2) is 0 Å². The number of fused-ring (bicyclic) bond motifs is 1. The van der Waals surface area contributed by atoms with Crippen LogP contribution in [0.25, 0.3) is 10.8 Å². The van der Waals surface area contributed by atoms with Crippen molar-refractivity contribution in [1.29, 1.82) is 0 Å². The third-order valence-corrected chi connectivity index (χ3v) is 4.43. The highest BCUT2D eigenvalue weighted by Crippen LogP contribution is 2.41. The molecule has 1 amide bonds. The fourth-order valence-electron chi connectivity index (χ4n) is 2.69. The van der Waals surface area contributed by atoms with Gasteiger partial charge in [0.1, 0.15) is 0 Å². The molecule has 1 fully saturated rings. The summed E-state index contributed by atoms with van der Waals surface area (Å²) >= 11 is 3.48. The van der Waals surface area contributed by atoms with Gasteiger partial charge in [-0.2, -0.15) is 8.78 Å². The molecule has 0 aliphatic heterocycles. The average Bonchev–Trinajstić information content (AvgIpc) is 3.31. The Morgan fingerprint density at radius 2 is 2.05 bits per heavy atom. The van der Waals surface area contributed by atoms with E-state index in [1.165, 1.54) is 18.4 Å². The van der Waals surface area contributed by atoms with E-state index in [1.807, 2.05) is 12.1 Å². The molecular weight excluding hydrogens is 352 g/mol. The number of carbonyl (C=O) groups is 1. The number of nitrogens with one attached hydrogen (secondary N) is 1. The number of amides is 1. The van der Waals surface area contributed by atoms with E-state index in [9.17, 15) is 13.6 Å². The van der Waals surface area contributed by atoms with E-state index in [0.717, 1.165) is 20.8 Å². The highest BCUT2D eigenvalue weighted by atomic mass is 79.9. The molecule has 0 aromatic heterocycles. The van der Waals surface area contributed by atoms with Crippen molar-refractivity contribution in [3.05, 3.63) is 45.9 Å². The van der Waals surface area contributed by atoms with Crippen molar-refractivity contribution in [2.24, 2.45) is 0 Å². The van der Waals surface area contributed by atoms with Crippen LogP contribution in [-0.4, -0.2) is 18.9 Å². The van der Waals surface area contributed by atoms with Gasteiger partial charge in [0, 0.05) is 11.0 Å². The number of rotatable bonds is 5. The molecule has 2 nitrogen and oxygen atoms in total. The summed E-state index contributed by atoms with van der Waals surface area (Å²) in [4.78, 5) is 10.9. The number of carbonyl (C=O) groups excluding carboxylic acids is 1. The molecule has 0 heterocycles. The Balaban J connectivity index is 1.83. The zero-order valence-electron chi connectivity index (χ0n) is 11.9. The maximum atomic E-state index is 12.2. The van der Waals surface area contributed by atoms with Gasteiger partial charge in [-0.15, -0.1) is 0 Å². The minimum absolute atomic E-state index is 0.211. The van der Waals surface area contributed by atoms with Crippen LogP contribution in [0.2, 0.25) is 0 Å². The SMILES string of the molecule is O=C(NCCc1cc(Br)cc2ccc(C3CC3)cc12)C(F)F. The summed E-state index contributed by atoms with van der Waals surface area (Å²) in [5.74, 6) is -0.544. The number of hydrogen-bond donors (Lipinski definition) is 1. The topological polar surface area (TPSA) is 29.1 Å². The Kier molecular flexibility index (Phi) is 4.43. The number of hydrogen-bond acceptors (Lipinski definition) is 1. The molecule has 0 atom stereocenters. The van der Waals surface area contributed by atoms with Gasteiger partial charge in [0.2, 0.25) is 0 Å². The van der Waals surface area contributed by atoms with E-state index < -0.39 is 12.3 Å². The van der Waals surface area contributed by atoms with Crippen LogP contribution >= 0.6 is 15.9 Å². The number of halogens is 3. The zero-order valence-corrected chi connectivity index (χ0v) is 13.5. The molecule has 0 bridgehead atoms. The lowest BCUT2D eigenvalue weighted by Gasteiger charge is -2.11. The van der Waals surface area contributed by atoms with Crippen molar-refractivity contribution < 1.29 is 13.6 Å². The quantitative estimate of drug-likeness (QED) is 0.833. The minimum atomic E-state index is -2.96. The van der Waals surface area contributed by atoms with Crippen LogP contribution in [0.1, 0.15) is 29.9 Å². The Hall–Kier alpha value is -1.49. The predicted molar refractivity (Wildman–Crippen MR) is 86.3 cm³/mol. The van der Waals surface area contributed by atoms with E-state index in [2.05, 4.69) is 39.4 Å². The molecule has 22 heavy (non-hydrogen) atoms. The molecule has 0 radical (unpaired) electrons. The molecule has 1 N–H and O–H groups in total. The molecule has 3 rings (SSSR count). The zero-order chi connectivity index (χ0) is 15.7. The Morgan fingerprint density at radius 1 is 1.27 bits per heavy atom. The number of alkyl halides is 2. The van der Waals surface area contributed by atoms with E-state index in [-0.39, 0.29) is 6.54 Å². The lowest BCUT2D eigenvalue weighted by molar-refractivity contribution is -0.131. The van der Waals surface area contributed by atoms with E-state index in [1.54, 1.807) is 0 Å². The van der Waals surface area contributed by atoms with Gasteiger partial charge in [-0.3, -0.25) is 4.79 Å². The number of benzene rings is 2. The first-order valence-corrected chi connectivity index (χ1v) is 8.12. The first kappa shape index (κ1) is 15.4. The molecule has 5 heteroatoms. The normalized spacial score (nSPS) is 14.5. The average molecular weight is 368 g/mol. The van der Waals surface area contributed by atoms with Crippen molar-refractivity contribution in [2.75, 3.05) is 6.54 Å². The highest BCUT2D eigenvalue weighted by molar-refractivity contribution is 9.10. The standard InChI is InChI=1S/C17H16BrF2NO/c18-14-7-12-4-3-11(10-1-2-10)9-15(12)13(8-14)5-6-21-17(22)16(19)20/h3-4,7-10,16H,1-2,5-6H2,(H,21,22). The maximum Gasteiger partial charge on any atom is 0.315 e. The molecular formula is C17H16BrF2NO. The third kappa shape index (κ3) is 3.46. The molecule has 1 saturated carbocycles. The van der Waals surface area contributed by atoms with Crippen LogP contribution in [0.4, 0.5) is 8.78 Å². The Morgan fingerprint density at radius 3 is 2.73 bits per heavy atom. The summed E-state index contributed by atoms with van der Waals surface area (Å²) in [7, 11) is 0. The summed E-state index contributed by atoms with van der Waals surface area (Å²) in [6.07, 6.45) is 0.0484. The Bertz CT molecular complexity index is 713. The van der Waals surface area contributed by atoms with E-state index >= 15 is 0 Å². The van der Waals surface area contributed by atoms with Crippen LogP contribution in [0, 0.1) is 0 Å². The lowest BCUT2D eigenvalue weighted by atomic mass is 9.98. The summed E-state index contributed by atoms with van der Waals surface area (Å²) in [5.41, 5.74) is 2.40. The van der Waals surface area contributed by atoms with Gasteiger partial charge in [-0.1, -0.05) is 34.1 Å². The fourth-order valence-corrected chi connectivity index (χ4v) is 3.21. The molecule has 0 spiro atoms. The predicted octanol–water partition coefficient (Wildman–Crippen LogP) is 4.40. The van der Waals surface area contributed by atoms with Crippen LogP contribution in [0.5, 0.6) is 0 Å². The first-order valence-electron chi connectivity index (χ1n) is 7.32. The fraction of sp³-hybridized carbons (Fsp3) is 0.353. The smallest absolute Gasteiger partial charge is 0.315 e. The van der Waals surface area contributed by atoms with Crippen LogP contribution < -0.4 is 5.32 Å². The summed E-state index contributed by atoms with van der Waals surface area (Å²) < 4.78 is 25.4. The summed E-state index contributed by atoms with van der Waals surface area (Å²) in [5, 5.41) is 4.52. The van der Waals surface area contributed by atoms with Crippen LogP contribution in [0.3, 0.4) is 0 Å². The largest absolute Gasteiger partial charge is 0.351 e. The monoisotopic (exact) mass is 367 g/mol. The van der Waals surface area contributed by atoms with Crippen LogP contribution in [0.15, 0.2) is 34.8 Å². The van der Waals surface area contributed by atoms with Gasteiger partial charge < -0.3 is 5.32 Å². The van der Waals surface area contributed by atoms with Crippen LogP contribution in [-0.2, 0) is 11.2 Å². The second-order valence-corrected chi connectivity index (χ2v) is 6.58. The first-order chi connectivity index (χ1) is 10.5. The Labute approximate surface area is 136 Å². The second kappa shape index (κ2) is 6.32. The van der Waals surface area contributed by atoms with Crippen molar-refractivity contribution in [1.82, 2.24) is 5.32 Å². The van der Waals surface area contributed by atoms with E-state index in [4.69, 9.17) is 0 Å². The molecule has 1 aliphatic carbocycles. The van der Waals surface area contributed by atoms with E-state index in [0.29, 0.717) is 12.3 Å². The van der Waals surface area contributed by atoms with Gasteiger partial charge >= 0.3 is 6.43 Å². The molecule has 2 aromatic carbocycles. The maximum absolute atomic E-state index is 12.2. The third-order valence-electron chi connectivity index (χ3n) is 3.97. The van der Waals surface area contributed by atoms with Crippen molar-refractivity contribution in [3.8, 4) is 0 Å². The summed E-state index contributed by atoms with van der Waals surface area (Å²) in [6, 6.07) is 10.5. The van der Waals surface area contributed by atoms with Crippen molar-refractivity contribution in [3.63, 3.8) is 0 Å². The van der Waals surface area contributed by atoms with Crippen molar-refractivity contribution in [2.45, 2.75) is 31.6 Å². The second-order valence-electron chi connectivity index (χ2n) is 5.66. The van der Waals surface area contributed by atoms with Gasteiger partial charge in [-0.05, 0) is 59.2 Å². The molecule has 0 unspecified atom stereocenters. The lowest BCUT2D eigenvalue weighted by Crippen LogP contribution is -2.31. The van der Waals surface area contributed by atoms with Crippen molar-refractivity contribution >= 4 is 32.6 Å². The molecule has 116 valence electrons. The molecule has 2 aromatic rings. The molecule has 0 saturated heterocycles.